The summed E-state index contributed by atoms with van der Waals surface area (Å²) in [6.07, 6.45) is 2.53. The fourth-order valence-corrected chi connectivity index (χ4v) is 2.95. The standard InChI is InChI=1S/C18H22N2O3/c19-18(21)12-23-17-8-7-13-4-1-2-6-15(13)16(17)11-20-10-14-5-3-9-22-14/h1-2,4,6-8,14,20H,3,5,9-12H2,(H2,19,21). The van der Waals surface area contributed by atoms with Crippen LogP contribution >= 0.6 is 0 Å². The number of rotatable bonds is 7. The van der Waals surface area contributed by atoms with E-state index < -0.39 is 5.91 Å². The average molecular weight is 314 g/mol. The maximum atomic E-state index is 11.0. The molecular formula is C18H22N2O3. The Morgan fingerprint density at radius 2 is 2.17 bits per heavy atom. The lowest BCUT2D eigenvalue weighted by Gasteiger charge is -2.16. The first kappa shape index (κ1) is 15.8. The lowest BCUT2D eigenvalue weighted by atomic mass is 10.0. The molecule has 0 aliphatic carbocycles. The number of primary amides is 1. The second-order valence-corrected chi connectivity index (χ2v) is 5.78. The zero-order valence-electron chi connectivity index (χ0n) is 13.1. The third kappa shape index (κ3) is 4.00. The Morgan fingerprint density at radius 1 is 1.30 bits per heavy atom. The molecule has 5 nitrogen and oxygen atoms in total. The zero-order valence-corrected chi connectivity index (χ0v) is 13.1. The first-order valence-corrected chi connectivity index (χ1v) is 7.98. The highest BCUT2D eigenvalue weighted by atomic mass is 16.5. The van der Waals surface area contributed by atoms with Crippen molar-refractivity contribution in [1.29, 1.82) is 0 Å². The lowest BCUT2D eigenvalue weighted by Crippen LogP contribution is -2.26. The van der Waals surface area contributed by atoms with Crippen molar-refractivity contribution in [3.63, 3.8) is 0 Å². The normalized spacial score (nSPS) is 17.5. The van der Waals surface area contributed by atoms with Crippen molar-refractivity contribution < 1.29 is 14.3 Å². The van der Waals surface area contributed by atoms with Crippen molar-refractivity contribution in [2.75, 3.05) is 19.8 Å². The predicted molar refractivity (Wildman–Crippen MR) is 89.3 cm³/mol. The van der Waals surface area contributed by atoms with Crippen LogP contribution in [-0.4, -0.2) is 31.8 Å². The molecule has 0 spiro atoms. The van der Waals surface area contributed by atoms with Gasteiger partial charge in [0.25, 0.3) is 5.91 Å². The van der Waals surface area contributed by atoms with Gasteiger partial charge in [0.2, 0.25) is 0 Å². The van der Waals surface area contributed by atoms with Crippen molar-refractivity contribution in [2.45, 2.75) is 25.5 Å². The number of nitrogens with one attached hydrogen (secondary N) is 1. The summed E-state index contributed by atoms with van der Waals surface area (Å²) in [6.45, 7) is 2.22. The number of hydrogen-bond acceptors (Lipinski definition) is 4. The molecule has 1 unspecified atom stereocenters. The largest absolute Gasteiger partial charge is 0.483 e. The number of hydrogen-bond donors (Lipinski definition) is 2. The van der Waals surface area contributed by atoms with Gasteiger partial charge >= 0.3 is 0 Å². The Hall–Kier alpha value is -2.11. The van der Waals surface area contributed by atoms with Gasteiger partial charge in [-0.2, -0.15) is 0 Å². The molecule has 1 fully saturated rings. The molecule has 1 saturated heterocycles. The number of amides is 1. The summed E-state index contributed by atoms with van der Waals surface area (Å²) >= 11 is 0. The minimum Gasteiger partial charge on any atom is -0.483 e. The summed E-state index contributed by atoms with van der Waals surface area (Å²) in [5, 5.41) is 5.71. The molecule has 0 aromatic heterocycles. The van der Waals surface area contributed by atoms with Crippen molar-refractivity contribution in [1.82, 2.24) is 5.32 Å². The van der Waals surface area contributed by atoms with Gasteiger partial charge in [-0.1, -0.05) is 30.3 Å². The molecule has 2 aromatic carbocycles. The van der Waals surface area contributed by atoms with Gasteiger partial charge in [-0.3, -0.25) is 4.79 Å². The van der Waals surface area contributed by atoms with Crippen LogP contribution in [0.15, 0.2) is 36.4 Å². The van der Waals surface area contributed by atoms with Gasteiger partial charge in [0.15, 0.2) is 6.61 Å². The van der Waals surface area contributed by atoms with Crippen molar-refractivity contribution in [3.05, 3.63) is 42.0 Å². The lowest BCUT2D eigenvalue weighted by molar-refractivity contribution is -0.119. The molecule has 3 N–H and O–H groups in total. The van der Waals surface area contributed by atoms with E-state index in [1.807, 2.05) is 24.3 Å². The van der Waals surface area contributed by atoms with Crippen LogP contribution in [0.5, 0.6) is 5.75 Å². The van der Waals surface area contributed by atoms with Crippen LogP contribution in [0.3, 0.4) is 0 Å². The van der Waals surface area contributed by atoms with E-state index in [1.165, 1.54) is 0 Å². The van der Waals surface area contributed by atoms with Gasteiger partial charge < -0.3 is 20.5 Å². The van der Waals surface area contributed by atoms with Crippen LogP contribution in [0.25, 0.3) is 10.8 Å². The fourth-order valence-electron chi connectivity index (χ4n) is 2.95. The maximum absolute atomic E-state index is 11.0. The number of carbonyl (C=O) groups excluding carboxylic acids is 1. The molecule has 2 aromatic rings. The second-order valence-electron chi connectivity index (χ2n) is 5.78. The monoisotopic (exact) mass is 314 g/mol. The minimum absolute atomic E-state index is 0.114. The van der Waals surface area contributed by atoms with E-state index in [2.05, 4.69) is 17.4 Å². The fraction of sp³-hybridized carbons (Fsp3) is 0.389. The maximum Gasteiger partial charge on any atom is 0.255 e. The van der Waals surface area contributed by atoms with Crippen LogP contribution in [-0.2, 0) is 16.1 Å². The van der Waals surface area contributed by atoms with Crippen molar-refractivity contribution in [3.8, 4) is 5.75 Å². The number of nitrogens with two attached hydrogens (primary N) is 1. The highest BCUT2D eigenvalue weighted by Gasteiger charge is 2.16. The molecule has 0 radical (unpaired) electrons. The Kier molecular flexibility index (Phi) is 5.10. The summed E-state index contributed by atoms with van der Waals surface area (Å²) in [6, 6.07) is 12.0. The van der Waals surface area contributed by atoms with Crippen LogP contribution < -0.4 is 15.8 Å². The van der Waals surface area contributed by atoms with E-state index in [0.29, 0.717) is 18.4 Å². The van der Waals surface area contributed by atoms with Crippen LogP contribution in [0.4, 0.5) is 0 Å². The van der Waals surface area contributed by atoms with Crippen molar-refractivity contribution in [2.24, 2.45) is 5.73 Å². The average Bonchev–Trinajstić information content (AvgIpc) is 3.07. The number of carbonyl (C=O) groups is 1. The smallest absolute Gasteiger partial charge is 0.255 e. The van der Waals surface area contributed by atoms with Gasteiger partial charge in [-0.25, -0.2) is 0 Å². The molecular weight excluding hydrogens is 292 g/mol. The van der Waals surface area contributed by atoms with E-state index in [9.17, 15) is 4.79 Å². The third-order valence-electron chi connectivity index (χ3n) is 4.07. The Labute approximate surface area is 135 Å². The number of benzene rings is 2. The Morgan fingerprint density at radius 3 is 2.96 bits per heavy atom. The summed E-state index contributed by atoms with van der Waals surface area (Å²) in [5.41, 5.74) is 6.23. The van der Waals surface area contributed by atoms with E-state index >= 15 is 0 Å². The predicted octanol–water partition coefficient (Wildman–Crippen LogP) is 1.97. The SMILES string of the molecule is NC(=O)COc1ccc2ccccc2c1CNCC1CCCO1. The third-order valence-corrected chi connectivity index (χ3v) is 4.07. The summed E-state index contributed by atoms with van der Waals surface area (Å²) < 4.78 is 11.2. The molecule has 1 heterocycles. The Bertz CT molecular complexity index is 681. The van der Waals surface area contributed by atoms with Gasteiger partial charge in [-0.05, 0) is 29.7 Å². The van der Waals surface area contributed by atoms with Gasteiger partial charge in [0.05, 0.1) is 6.10 Å². The molecule has 5 heteroatoms. The first-order chi connectivity index (χ1) is 11.2. The van der Waals surface area contributed by atoms with Gasteiger partial charge in [0, 0.05) is 25.3 Å². The van der Waals surface area contributed by atoms with Crippen LogP contribution in [0.1, 0.15) is 18.4 Å². The van der Waals surface area contributed by atoms with Crippen LogP contribution in [0.2, 0.25) is 0 Å². The molecule has 0 bridgehead atoms. The summed E-state index contributed by atoms with van der Waals surface area (Å²) in [7, 11) is 0. The zero-order chi connectivity index (χ0) is 16.1. The van der Waals surface area contributed by atoms with Gasteiger partial charge in [0.1, 0.15) is 5.75 Å². The summed E-state index contributed by atoms with van der Waals surface area (Å²) in [5.74, 6) is 0.221. The van der Waals surface area contributed by atoms with Crippen LogP contribution in [0, 0.1) is 0 Å². The second kappa shape index (κ2) is 7.44. The molecule has 3 rings (SSSR count). The molecule has 122 valence electrons. The van der Waals surface area contributed by atoms with Gasteiger partial charge in [-0.15, -0.1) is 0 Å². The van der Waals surface area contributed by atoms with E-state index in [1.54, 1.807) is 0 Å². The highest BCUT2D eigenvalue weighted by Crippen LogP contribution is 2.28. The molecule has 0 saturated carbocycles. The molecule has 1 aliphatic heterocycles. The van der Waals surface area contributed by atoms with Crippen molar-refractivity contribution >= 4 is 16.7 Å². The molecule has 1 amide bonds. The minimum atomic E-state index is -0.476. The van der Waals surface area contributed by atoms with E-state index in [0.717, 1.165) is 42.3 Å². The molecule has 23 heavy (non-hydrogen) atoms. The highest BCUT2D eigenvalue weighted by molar-refractivity contribution is 5.88. The first-order valence-electron chi connectivity index (χ1n) is 7.98. The summed E-state index contributed by atoms with van der Waals surface area (Å²) in [4.78, 5) is 11.0. The van der Waals surface area contributed by atoms with E-state index in [-0.39, 0.29) is 6.61 Å². The Balaban J connectivity index is 1.78. The van der Waals surface area contributed by atoms with E-state index in [4.69, 9.17) is 15.2 Å². The molecule has 1 atom stereocenters. The number of ether oxygens (including phenoxy) is 2. The quantitative estimate of drug-likeness (QED) is 0.819. The topological polar surface area (TPSA) is 73.6 Å². The molecule has 1 aliphatic rings. The number of fused-ring (bicyclic) bond motifs is 1.